The number of para-hydroxylation sites is 1. The van der Waals surface area contributed by atoms with Crippen LogP contribution in [0.4, 0.5) is 5.69 Å². The van der Waals surface area contributed by atoms with Gasteiger partial charge in [-0.05, 0) is 87.1 Å². The van der Waals surface area contributed by atoms with Crippen LogP contribution in [0.25, 0.3) is 10.9 Å². The van der Waals surface area contributed by atoms with Crippen molar-refractivity contribution in [1.82, 2.24) is 14.4 Å². The molecule has 1 aromatic heterocycles. The lowest BCUT2D eigenvalue weighted by atomic mass is 9.43. The van der Waals surface area contributed by atoms with Crippen molar-refractivity contribution >= 4 is 22.6 Å². The summed E-state index contributed by atoms with van der Waals surface area (Å²) in [4.78, 5) is 22.3. The van der Waals surface area contributed by atoms with Crippen molar-refractivity contribution < 1.29 is 19.4 Å². The fraction of sp³-hybridized carbons (Fsp3) is 0.585. The largest absolute Gasteiger partial charge is 0.508 e. The minimum atomic E-state index is -0.828. The number of ether oxygens (including phenoxy) is 2. The first-order chi connectivity index (χ1) is 23.8. The summed E-state index contributed by atoms with van der Waals surface area (Å²) in [6.07, 6.45) is 9.60. The summed E-state index contributed by atoms with van der Waals surface area (Å²) in [6.45, 7) is 8.97. The summed E-state index contributed by atoms with van der Waals surface area (Å²) in [5, 5.41) is 13.7. The van der Waals surface area contributed by atoms with Crippen LogP contribution in [0.15, 0.2) is 48.0 Å². The number of hydrogen-bond donors (Lipinski definition) is 1. The van der Waals surface area contributed by atoms with Gasteiger partial charge in [-0.25, -0.2) is 0 Å². The van der Waals surface area contributed by atoms with E-state index < -0.39 is 16.6 Å². The first-order valence-corrected chi connectivity index (χ1v) is 18.9. The Balaban J connectivity index is 1.19. The zero-order valence-electron chi connectivity index (χ0n) is 29.3. The molecule has 7 aliphatic heterocycles. The van der Waals surface area contributed by atoms with Crippen molar-refractivity contribution in [3.8, 4) is 5.75 Å². The van der Waals surface area contributed by atoms with E-state index in [0.29, 0.717) is 18.4 Å². The lowest BCUT2D eigenvalue weighted by Gasteiger charge is -2.66. The predicted molar refractivity (Wildman–Crippen MR) is 188 cm³/mol. The Labute approximate surface area is 288 Å². The monoisotopic (exact) mass is 660 g/mol. The molecule has 1 aliphatic carbocycles. The summed E-state index contributed by atoms with van der Waals surface area (Å²) in [5.74, 6) is 0.282. The molecule has 8 unspecified atom stereocenters. The summed E-state index contributed by atoms with van der Waals surface area (Å²) in [7, 11) is 3.71. The van der Waals surface area contributed by atoms with Crippen LogP contribution in [0.3, 0.4) is 0 Å². The van der Waals surface area contributed by atoms with Crippen LogP contribution in [0.2, 0.25) is 0 Å². The molecule has 3 aromatic rings. The number of esters is 1. The van der Waals surface area contributed by atoms with Crippen molar-refractivity contribution in [2.24, 2.45) is 16.7 Å². The highest BCUT2D eigenvalue weighted by Crippen LogP contribution is 2.77. The van der Waals surface area contributed by atoms with E-state index >= 15 is 0 Å². The number of phenolic OH excluding ortho intramolecular Hbond substituents is 1. The van der Waals surface area contributed by atoms with Gasteiger partial charge >= 0.3 is 5.97 Å². The van der Waals surface area contributed by atoms with Gasteiger partial charge < -0.3 is 24.0 Å². The highest BCUT2D eigenvalue weighted by Gasteiger charge is 2.87. The molecule has 256 valence electrons. The second-order valence-corrected chi connectivity index (χ2v) is 16.7. The molecule has 2 aromatic carbocycles. The second-order valence-electron chi connectivity index (χ2n) is 16.7. The predicted octanol–water partition coefficient (Wildman–Crippen LogP) is 6.06. The van der Waals surface area contributed by atoms with Crippen molar-refractivity contribution in [3.05, 3.63) is 70.4 Å². The Morgan fingerprint density at radius 1 is 1.14 bits per heavy atom. The van der Waals surface area contributed by atoms with Gasteiger partial charge in [0.2, 0.25) is 0 Å². The van der Waals surface area contributed by atoms with Crippen molar-refractivity contribution in [2.75, 3.05) is 51.8 Å². The second kappa shape index (κ2) is 9.31. The topological polar surface area (TPSA) is 70.4 Å². The molecular weight excluding hydrogens is 612 g/mol. The number of anilines is 1. The Morgan fingerprint density at radius 2 is 2.00 bits per heavy atom. The SMILES string of the molecule is CC=C1CN2CCC34c5cc(C6CC7(CC)CCCN8CCc9c(n6c6ccccc96)C87)c(O)cc5N(C)C35OCC4(C(=O)OC)C1CC25. The number of methoxy groups -OCH3 is 1. The van der Waals surface area contributed by atoms with Crippen LogP contribution in [-0.2, 0) is 26.1 Å². The van der Waals surface area contributed by atoms with Gasteiger partial charge in [-0.15, -0.1) is 0 Å². The molecule has 1 N–H and O–H groups in total. The van der Waals surface area contributed by atoms with Crippen LogP contribution in [0.5, 0.6) is 5.75 Å². The van der Waals surface area contributed by atoms with Gasteiger partial charge in [0.25, 0.3) is 0 Å². The highest BCUT2D eigenvalue weighted by molar-refractivity contribution is 5.88. The third kappa shape index (κ3) is 2.93. The van der Waals surface area contributed by atoms with E-state index in [0.717, 1.165) is 63.0 Å². The van der Waals surface area contributed by atoms with Gasteiger partial charge in [-0.3, -0.25) is 14.6 Å². The maximum absolute atomic E-state index is 14.6. The number of allylic oxidation sites excluding steroid dienone is 1. The zero-order valence-corrected chi connectivity index (χ0v) is 29.3. The molecule has 8 heterocycles. The standard InChI is InChI=1S/C41H48N4O4/c1-5-24-22-44-17-14-40-29-18-27(33(46)20-31(29)42(3)41(40)34(44)19-28(24)39(40,23-49-41)37(47)48-4)32-21-38(6-2)13-9-15-43-16-12-26-25-10-7-8-11-30(25)45(32)35(26)36(38)43/h5,7-8,10-11,18,20,28,32,34,36,46H,6,9,12-17,19,21-23H2,1-4H3. The molecule has 5 fully saturated rings. The molecule has 0 radical (unpaired) electrons. The fourth-order valence-electron chi connectivity index (χ4n) is 14.1. The molecule has 8 heteroatoms. The Bertz CT molecular complexity index is 2020. The van der Waals surface area contributed by atoms with Crippen LogP contribution in [0.1, 0.15) is 86.8 Å². The first-order valence-electron chi connectivity index (χ1n) is 18.9. The van der Waals surface area contributed by atoms with Crippen LogP contribution >= 0.6 is 0 Å². The number of fused-ring (bicyclic) bond motifs is 6. The number of aromatic hydroxyl groups is 1. The van der Waals surface area contributed by atoms with Crippen molar-refractivity contribution in [3.63, 3.8) is 0 Å². The lowest BCUT2D eigenvalue weighted by Crippen LogP contribution is -2.80. The number of carbonyl (C=O) groups is 1. The molecule has 8 aliphatic rings. The lowest BCUT2D eigenvalue weighted by molar-refractivity contribution is -0.184. The number of carbonyl (C=O) groups excluding carboxylic acids is 1. The van der Waals surface area contributed by atoms with Crippen LogP contribution in [-0.4, -0.2) is 84.2 Å². The average molecular weight is 661 g/mol. The Morgan fingerprint density at radius 3 is 2.82 bits per heavy atom. The van der Waals surface area contributed by atoms with E-state index in [1.165, 1.54) is 52.7 Å². The summed E-state index contributed by atoms with van der Waals surface area (Å²) in [6, 6.07) is 14.0. The van der Waals surface area contributed by atoms with E-state index in [1.54, 1.807) is 7.11 Å². The van der Waals surface area contributed by atoms with Gasteiger partial charge in [-0.1, -0.05) is 36.8 Å². The smallest absolute Gasteiger partial charge is 0.315 e. The first kappa shape index (κ1) is 29.4. The number of benzene rings is 2. The van der Waals surface area contributed by atoms with Gasteiger partial charge in [0, 0.05) is 66.5 Å². The Hall–Kier alpha value is -3.33. The minimum Gasteiger partial charge on any atom is -0.508 e. The van der Waals surface area contributed by atoms with Gasteiger partial charge in [0.1, 0.15) is 11.2 Å². The van der Waals surface area contributed by atoms with Crippen molar-refractivity contribution in [2.45, 2.75) is 88.1 Å². The normalized spacial score (nSPS) is 40.5. The summed E-state index contributed by atoms with van der Waals surface area (Å²) < 4.78 is 15.6. The molecule has 8 atom stereocenters. The highest BCUT2D eigenvalue weighted by atomic mass is 16.6. The van der Waals surface area contributed by atoms with Gasteiger partial charge in [-0.2, -0.15) is 0 Å². The van der Waals surface area contributed by atoms with Crippen molar-refractivity contribution in [1.29, 1.82) is 0 Å². The summed E-state index contributed by atoms with van der Waals surface area (Å²) >= 11 is 0. The quantitative estimate of drug-likeness (QED) is 0.271. The molecule has 4 saturated heterocycles. The number of nitrogens with zero attached hydrogens (tertiary/aromatic N) is 4. The third-order valence-electron chi connectivity index (χ3n) is 15.8. The molecule has 8 nitrogen and oxygen atoms in total. The molecule has 1 saturated carbocycles. The van der Waals surface area contributed by atoms with E-state index in [4.69, 9.17) is 9.47 Å². The maximum atomic E-state index is 14.6. The number of hydrogen-bond acceptors (Lipinski definition) is 7. The van der Waals surface area contributed by atoms with Gasteiger partial charge in [0.05, 0.1) is 37.3 Å². The fourth-order valence-corrected chi connectivity index (χ4v) is 14.1. The van der Waals surface area contributed by atoms with E-state index in [2.05, 4.69) is 76.6 Å². The zero-order chi connectivity index (χ0) is 33.2. The molecule has 0 spiro atoms. The number of aromatic nitrogens is 1. The molecule has 0 amide bonds. The van der Waals surface area contributed by atoms with Crippen LogP contribution in [0, 0.1) is 16.7 Å². The minimum absolute atomic E-state index is 0.00613. The van der Waals surface area contributed by atoms with Gasteiger partial charge in [0.15, 0.2) is 5.72 Å². The molecule has 5 bridgehead atoms. The molecule has 11 rings (SSSR count). The number of rotatable bonds is 3. The Kier molecular flexibility index (Phi) is 5.59. The number of likely N-dealkylation sites (N-methyl/N-ethyl adjacent to an activating group) is 1. The molecule has 49 heavy (non-hydrogen) atoms. The van der Waals surface area contributed by atoms with E-state index in [9.17, 15) is 9.90 Å². The van der Waals surface area contributed by atoms with Crippen LogP contribution < -0.4 is 4.90 Å². The maximum Gasteiger partial charge on any atom is 0.315 e. The number of phenols is 1. The van der Waals surface area contributed by atoms with E-state index in [1.807, 2.05) is 6.07 Å². The third-order valence-corrected chi connectivity index (χ3v) is 15.8. The number of piperidine rings is 3. The average Bonchev–Trinajstić information content (AvgIpc) is 3.68. The van der Waals surface area contributed by atoms with E-state index in [-0.39, 0.29) is 29.4 Å². The molecular formula is C41H48N4O4. The summed E-state index contributed by atoms with van der Waals surface area (Å²) in [5.41, 5.74) is 6.87.